The van der Waals surface area contributed by atoms with Crippen LogP contribution in [-0.2, 0) is 17.8 Å². The predicted octanol–water partition coefficient (Wildman–Crippen LogP) is 3.19. The molecule has 3 amide bonds. The van der Waals surface area contributed by atoms with Crippen molar-refractivity contribution in [2.24, 2.45) is 5.73 Å². The van der Waals surface area contributed by atoms with Crippen LogP contribution in [0.25, 0.3) is 10.8 Å². The molecular weight excluding hydrogens is 314 g/mol. The third-order valence-electron chi connectivity index (χ3n) is 3.91. The zero-order valence-corrected chi connectivity index (χ0v) is 13.7. The molecule has 3 aromatic rings. The number of amides is 3. The Hall–Kier alpha value is -3.34. The Labute approximate surface area is 145 Å². The lowest BCUT2D eigenvalue weighted by Gasteiger charge is -2.10. The molecule has 5 nitrogen and oxygen atoms in total. The number of hydrogen-bond donors (Lipinski definition) is 3. The normalized spacial score (nSPS) is 10.4. The van der Waals surface area contributed by atoms with E-state index in [0.717, 1.165) is 21.9 Å². The van der Waals surface area contributed by atoms with E-state index in [1.807, 2.05) is 42.5 Å². The SMILES string of the molecule is NC(=O)Cc1ccc(NC(=O)NCc2cccc3ccccc23)cc1. The Bertz CT molecular complexity index is 899. The molecule has 0 unspecified atom stereocenters. The molecule has 3 rings (SSSR count). The average Bonchev–Trinajstić information content (AvgIpc) is 2.61. The van der Waals surface area contributed by atoms with E-state index in [1.54, 1.807) is 24.3 Å². The van der Waals surface area contributed by atoms with Crippen molar-refractivity contribution >= 4 is 28.4 Å². The van der Waals surface area contributed by atoms with Gasteiger partial charge in [-0.15, -0.1) is 0 Å². The zero-order chi connectivity index (χ0) is 17.6. The molecule has 126 valence electrons. The first kappa shape index (κ1) is 16.5. The van der Waals surface area contributed by atoms with E-state index in [-0.39, 0.29) is 18.4 Å². The van der Waals surface area contributed by atoms with E-state index in [1.165, 1.54) is 0 Å². The number of nitrogens with two attached hydrogens (primary N) is 1. The molecule has 0 aliphatic rings. The van der Waals surface area contributed by atoms with Crippen molar-refractivity contribution in [3.05, 3.63) is 77.9 Å². The highest BCUT2D eigenvalue weighted by Crippen LogP contribution is 2.18. The quantitative estimate of drug-likeness (QED) is 0.670. The van der Waals surface area contributed by atoms with E-state index >= 15 is 0 Å². The van der Waals surface area contributed by atoms with Crippen molar-refractivity contribution in [3.63, 3.8) is 0 Å². The molecular formula is C20H19N3O2. The maximum absolute atomic E-state index is 12.1. The molecule has 25 heavy (non-hydrogen) atoms. The molecule has 0 fully saturated rings. The van der Waals surface area contributed by atoms with Crippen LogP contribution in [0.5, 0.6) is 0 Å². The van der Waals surface area contributed by atoms with E-state index < -0.39 is 0 Å². The number of urea groups is 1. The van der Waals surface area contributed by atoms with Crippen LogP contribution < -0.4 is 16.4 Å². The molecule has 0 atom stereocenters. The Morgan fingerprint density at radius 2 is 1.60 bits per heavy atom. The van der Waals surface area contributed by atoms with Gasteiger partial charge in [0.2, 0.25) is 5.91 Å². The van der Waals surface area contributed by atoms with Gasteiger partial charge in [0.1, 0.15) is 0 Å². The lowest BCUT2D eigenvalue weighted by atomic mass is 10.0. The highest BCUT2D eigenvalue weighted by molar-refractivity contribution is 5.90. The highest BCUT2D eigenvalue weighted by atomic mass is 16.2. The maximum atomic E-state index is 12.1. The molecule has 0 saturated carbocycles. The number of benzene rings is 3. The summed E-state index contributed by atoms with van der Waals surface area (Å²) in [6, 6.07) is 20.8. The first-order valence-electron chi connectivity index (χ1n) is 8.00. The number of carbonyl (C=O) groups is 2. The molecule has 0 bridgehead atoms. The number of carbonyl (C=O) groups excluding carboxylic acids is 2. The van der Waals surface area contributed by atoms with Crippen LogP contribution in [0.3, 0.4) is 0 Å². The van der Waals surface area contributed by atoms with Crippen molar-refractivity contribution in [2.75, 3.05) is 5.32 Å². The summed E-state index contributed by atoms with van der Waals surface area (Å²) < 4.78 is 0. The third kappa shape index (κ3) is 4.35. The summed E-state index contributed by atoms with van der Waals surface area (Å²) in [5.41, 5.74) is 7.69. The fraction of sp³-hybridized carbons (Fsp3) is 0.100. The lowest BCUT2D eigenvalue weighted by molar-refractivity contribution is -0.117. The van der Waals surface area contributed by atoms with Gasteiger partial charge in [0, 0.05) is 12.2 Å². The number of anilines is 1. The largest absolute Gasteiger partial charge is 0.369 e. The van der Waals surface area contributed by atoms with Gasteiger partial charge in [-0.05, 0) is 34.0 Å². The maximum Gasteiger partial charge on any atom is 0.319 e. The van der Waals surface area contributed by atoms with Gasteiger partial charge in [0.05, 0.1) is 6.42 Å². The standard InChI is InChI=1S/C20H19N3O2/c21-19(24)12-14-8-10-17(11-9-14)23-20(25)22-13-16-6-3-5-15-4-1-2-7-18(15)16/h1-11H,12-13H2,(H2,21,24)(H2,22,23,25). The summed E-state index contributed by atoms with van der Waals surface area (Å²) in [5.74, 6) is -0.381. The molecule has 0 radical (unpaired) electrons. The van der Waals surface area contributed by atoms with Crippen LogP contribution in [0.2, 0.25) is 0 Å². The van der Waals surface area contributed by atoms with Crippen molar-refractivity contribution in [1.29, 1.82) is 0 Å². The van der Waals surface area contributed by atoms with Crippen LogP contribution >= 0.6 is 0 Å². The molecule has 0 saturated heterocycles. The van der Waals surface area contributed by atoms with Crippen LogP contribution in [0.15, 0.2) is 66.7 Å². The average molecular weight is 333 g/mol. The molecule has 0 aromatic heterocycles. The number of fused-ring (bicyclic) bond motifs is 1. The molecule has 5 heteroatoms. The molecule has 0 heterocycles. The minimum atomic E-state index is -0.381. The molecule has 0 spiro atoms. The molecule has 0 aliphatic carbocycles. The number of primary amides is 1. The Balaban J connectivity index is 1.60. The van der Waals surface area contributed by atoms with E-state index in [2.05, 4.69) is 10.6 Å². The summed E-state index contributed by atoms with van der Waals surface area (Å²) in [7, 11) is 0. The van der Waals surface area contributed by atoms with E-state index in [0.29, 0.717) is 12.2 Å². The fourth-order valence-corrected chi connectivity index (χ4v) is 2.70. The van der Waals surface area contributed by atoms with Gasteiger partial charge < -0.3 is 16.4 Å². The first-order valence-corrected chi connectivity index (χ1v) is 8.00. The lowest BCUT2D eigenvalue weighted by Crippen LogP contribution is -2.28. The van der Waals surface area contributed by atoms with Crippen molar-refractivity contribution in [1.82, 2.24) is 5.32 Å². The molecule has 0 aliphatic heterocycles. The Kier molecular flexibility index (Phi) is 4.95. The zero-order valence-electron chi connectivity index (χ0n) is 13.7. The monoisotopic (exact) mass is 333 g/mol. The predicted molar refractivity (Wildman–Crippen MR) is 99.1 cm³/mol. The number of nitrogens with one attached hydrogen (secondary N) is 2. The Morgan fingerprint density at radius 1 is 0.880 bits per heavy atom. The minimum absolute atomic E-state index is 0.188. The van der Waals surface area contributed by atoms with E-state index in [4.69, 9.17) is 5.73 Å². The van der Waals surface area contributed by atoms with Crippen LogP contribution in [0.4, 0.5) is 10.5 Å². The van der Waals surface area contributed by atoms with Gasteiger partial charge >= 0.3 is 6.03 Å². The van der Waals surface area contributed by atoms with Gasteiger partial charge in [-0.2, -0.15) is 0 Å². The van der Waals surface area contributed by atoms with Crippen LogP contribution in [-0.4, -0.2) is 11.9 Å². The first-order chi connectivity index (χ1) is 12.1. The summed E-state index contributed by atoms with van der Waals surface area (Å²) in [6.07, 6.45) is 0.188. The van der Waals surface area contributed by atoms with Gasteiger partial charge in [0.15, 0.2) is 0 Å². The smallest absolute Gasteiger partial charge is 0.319 e. The Morgan fingerprint density at radius 3 is 2.36 bits per heavy atom. The third-order valence-corrected chi connectivity index (χ3v) is 3.91. The second kappa shape index (κ2) is 7.49. The van der Waals surface area contributed by atoms with Crippen molar-refractivity contribution in [2.45, 2.75) is 13.0 Å². The summed E-state index contributed by atoms with van der Waals surface area (Å²) in [6.45, 7) is 0.437. The highest BCUT2D eigenvalue weighted by Gasteiger charge is 2.05. The van der Waals surface area contributed by atoms with E-state index in [9.17, 15) is 9.59 Å². The fourth-order valence-electron chi connectivity index (χ4n) is 2.70. The van der Waals surface area contributed by atoms with Gasteiger partial charge in [-0.3, -0.25) is 4.79 Å². The van der Waals surface area contributed by atoms with Gasteiger partial charge in [0.25, 0.3) is 0 Å². The van der Waals surface area contributed by atoms with Crippen LogP contribution in [0.1, 0.15) is 11.1 Å². The summed E-state index contributed by atoms with van der Waals surface area (Å²) >= 11 is 0. The number of rotatable bonds is 5. The summed E-state index contributed by atoms with van der Waals surface area (Å²) in [5, 5.41) is 7.91. The van der Waals surface area contributed by atoms with Crippen molar-refractivity contribution < 1.29 is 9.59 Å². The van der Waals surface area contributed by atoms with Crippen LogP contribution in [0, 0.1) is 0 Å². The second-order valence-electron chi connectivity index (χ2n) is 5.79. The van der Waals surface area contributed by atoms with Gasteiger partial charge in [-0.1, -0.05) is 54.6 Å². The van der Waals surface area contributed by atoms with Gasteiger partial charge in [-0.25, -0.2) is 4.79 Å². The molecule has 3 aromatic carbocycles. The minimum Gasteiger partial charge on any atom is -0.369 e. The van der Waals surface area contributed by atoms with Crippen molar-refractivity contribution in [3.8, 4) is 0 Å². The second-order valence-corrected chi connectivity index (χ2v) is 5.79. The topological polar surface area (TPSA) is 84.2 Å². The summed E-state index contributed by atoms with van der Waals surface area (Å²) in [4.78, 5) is 23.0. The molecule has 4 N–H and O–H groups in total. The number of hydrogen-bond acceptors (Lipinski definition) is 2.